The number of nitrogens with zero attached hydrogens (tertiary/aromatic N) is 3. The molecule has 0 radical (unpaired) electrons. The molecule has 72 valence electrons. The predicted octanol–water partition coefficient (Wildman–Crippen LogP) is 0.754. The van der Waals surface area contributed by atoms with E-state index in [1.807, 2.05) is 0 Å². The molecule has 1 aliphatic rings. The van der Waals surface area contributed by atoms with Crippen molar-refractivity contribution >= 4 is 11.6 Å². The molecule has 1 aromatic rings. The third kappa shape index (κ3) is 1.14. The van der Waals surface area contributed by atoms with Gasteiger partial charge in [-0.25, -0.2) is 9.97 Å². The van der Waals surface area contributed by atoms with Crippen LogP contribution < -0.4 is 5.32 Å². The number of rotatable bonds is 0. The molecule has 0 saturated carbocycles. The van der Waals surface area contributed by atoms with Crippen molar-refractivity contribution < 1.29 is 4.79 Å². The largest absolute Gasteiger partial charge is 0.339 e. The van der Waals surface area contributed by atoms with Crippen LogP contribution in [-0.4, -0.2) is 27.8 Å². The summed E-state index contributed by atoms with van der Waals surface area (Å²) in [6, 6.07) is 0. The molecule has 1 N–H and O–H groups in total. The van der Waals surface area contributed by atoms with E-state index in [2.05, 4.69) is 21.9 Å². The first-order valence-corrected chi connectivity index (χ1v) is 4.17. The van der Waals surface area contributed by atoms with Crippen molar-refractivity contribution in [3.63, 3.8) is 0 Å². The monoisotopic (exact) mass is 190 g/mol. The van der Waals surface area contributed by atoms with Gasteiger partial charge in [-0.15, -0.1) is 0 Å². The molecule has 2 heterocycles. The second kappa shape index (κ2) is 2.80. The summed E-state index contributed by atoms with van der Waals surface area (Å²) >= 11 is 0. The summed E-state index contributed by atoms with van der Waals surface area (Å²) in [5, 5.41) is 2.95. The molecule has 0 unspecified atom stereocenters. The average molecular weight is 190 g/mol. The van der Waals surface area contributed by atoms with Crippen LogP contribution >= 0.6 is 0 Å². The smallest absolute Gasteiger partial charge is 0.280 e. The topological polar surface area (TPSA) is 58.1 Å². The van der Waals surface area contributed by atoms with Crippen LogP contribution in [0.1, 0.15) is 16.3 Å². The molecular weight excluding hydrogens is 180 g/mol. The van der Waals surface area contributed by atoms with E-state index in [0.29, 0.717) is 23.0 Å². The Bertz CT molecular complexity index is 427. The highest BCUT2D eigenvalue weighted by molar-refractivity contribution is 6.00. The Kier molecular flexibility index (Phi) is 1.73. The number of hydrogen-bond acceptors (Lipinski definition) is 4. The molecule has 1 aliphatic heterocycles. The van der Waals surface area contributed by atoms with Gasteiger partial charge >= 0.3 is 0 Å². The molecule has 0 saturated heterocycles. The molecule has 5 nitrogen and oxygen atoms in total. The number of carbonyl (C=O) groups excluding carboxylic acids is 1. The number of nitrogens with one attached hydrogen (secondary N) is 1. The van der Waals surface area contributed by atoms with Crippen molar-refractivity contribution in [1.82, 2.24) is 14.9 Å². The van der Waals surface area contributed by atoms with Gasteiger partial charge < -0.3 is 5.32 Å². The number of amides is 1. The van der Waals surface area contributed by atoms with Crippen LogP contribution in [0.5, 0.6) is 0 Å². The van der Waals surface area contributed by atoms with E-state index in [1.165, 1.54) is 4.90 Å². The third-order valence-electron chi connectivity index (χ3n) is 2.10. The van der Waals surface area contributed by atoms with E-state index in [0.717, 1.165) is 0 Å². The van der Waals surface area contributed by atoms with E-state index in [-0.39, 0.29) is 5.91 Å². The molecule has 14 heavy (non-hydrogen) atoms. The first kappa shape index (κ1) is 8.68. The highest BCUT2D eigenvalue weighted by Crippen LogP contribution is 2.22. The molecule has 0 spiro atoms. The van der Waals surface area contributed by atoms with Crippen LogP contribution in [0.15, 0.2) is 18.6 Å². The molecule has 0 fully saturated rings. The quantitative estimate of drug-likeness (QED) is 0.656. The van der Waals surface area contributed by atoms with Crippen molar-refractivity contribution in [3.8, 4) is 0 Å². The molecule has 0 bridgehead atoms. The summed E-state index contributed by atoms with van der Waals surface area (Å²) in [4.78, 5) is 21.2. The van der Waals surface area contributed by atoms with Gasteiger partial charge in [-0.2, -0.15) is 0 Å². The second-order valence-electron chi connectivity index (χ2n) is 3.12. The third-order valence-corrected chi connectivity index (χ3v) is 2.10. The number of hydrogen-bond donors (Lipinski definition) is 1. The lowest BCUT2D eigenvalue weighted by Crippen LogP contribution is -2.35. The normalized spacial score (nSPS) is 15.1. The van der Waals surface area contributed by atoms with Crippen molar-refractivity contribution in [2.75, 3.05) is 12.4 Å². The maximum absolute atomic E-state index is 11.7. The lowest BCUT2D eigenvalue weighted by Gasteiger charge is -2.26. The lowest BCUT2D eigenvalue weighted by atomic mass is 10.2. The second-order valence-corrected chi connectivity index (χ2v) is 3.12. The minimum absolute atomic E-state index is 0.158. The number of anilines is 1. The van der Waals surface area contributed by atoms with Crippen molar-refractivity contribution in [2.45, 2.75) is 6.92 Å². The van der Waals surface area contributed by atoms with Gasteiger partial charge in [0.2, 0.25) is 0 Å². The Morgan fingerprint density at radius 3 is 3.00 bits per heavy atom. The van der Waals surface area contributed by atoms with Gasteiger partial charge in [0, 0.05) is 7.05 Å². The Balaban J connectivity index is 2.57. The van der Waals surface area contributed by atoms with Crippen LogP contribution in [-0.2, 0) is 0 Å². The maximum Gasteiger partial charge on any atom is 0.280 e. The zero-order valence-electron chi connectivity index (χ0n) is 8.03. The Labute approximate surface area is 81.5 Å². The summed E-state index contributed by atoms with van der Waals surface area (Å²) in [5.74, 6) is 0.962. The fourth-order valence-electron chi connectivity index (χ4n) is 1.25. The van der Waals surface area contributed by atoms with Crippen molar-refractivity contribution in [3.05, 3.63) is 30.1 Å². The van der Waals surface area contributed by atoms with E-state index in [4.69, 9.17) is 0 Å². The number of aryl methyl sites for hydroxylation is 1. The SMILES string of the molecule is C=C1Nc2cnc(C)nc2C(=O)N1C. The van der Waals surface area contributed by atoms with Gasteiger partial charge in [-0.05, 0) is 6.92 Å². The van der Waals surface area contributed by atoms with Crippen LogP contribution in [0.3, 0.4) is 0 Å². The number of fused-ring (bicyclic) bond motifs is 1. The highest BCUT2D eigenvalue weighted by Gasteiger charge is 2.25. The van der Waals surface area contributed by atoms with Crippen LogP contribution in [0, 0.1) is 6.92 Å². The van der Waals surface area contributed by atoms with Crippen molar-refractivity contribution in [1.29, 1.82) is 0 Å². The van der Waals surface area contributed by atoms with Crippen LogP contribution in [0.25, 0.3) is 0 Å². The summed E-state index contributed by atoms with van der Waals surface area (Å²) in [6.45, 7) is 5.45. The zero-order chi connectivity index (χ0) is 10.3. The lowest BCUT2D eigenvalue weighted by molar-refractivity contribution is 0.0826. The van der Waals surface area contributed by atoms with Gasteiger partial charge in [-0.3, -0.25) is 9.69 Å². The van der Waals surface area contributed by atoms with Gasteiger partial charge in [0.1, 0.15) is 11.6 Å². The molecule has 5 heteroatoms. The Morgan fingerprint density at radius 2 is 2.29 bits per heavy atom. The van der Waals surface area contributed by atoms with Crippen LogP contribution in [0.4, 0.5) is 5.69 Å². The summed E-state index contributed by atoms with van der Waals surface area (Å²) in [5.41, 5.74) is 1.01. The molecular formula is C9H10N4O. The number of aromatic nitrogens is 2. The first-order valence-electron chi connectivity index (χ1n) is 4.17. The van der Waals surface area contributed by atoms with E-state index in [9.17, 15) is 4.79 Å². The molecule has 0 aliphatic carbocycles. The molecule has 1 aromatic heterocycles. The fraction of sp³-hybridized carbons (Fsp3) is 0.222. The van der Waals surface area contributed by atoms with Gasteiger partial charge in [0.15, 0.2) is 5.69 Å². The first-order chi connectivity index (χ1) is 6.59. The Morgan fingerprint density at radius 1 is 1.57 bits per heavy atom. The summed E-state index contributed by atoms with van der Waals surface area (Å²) < 4.78 is 0. The van der Waals surface area contributed by atoms with Gasteiger partial charge in [0.25, 0.3) is 5.91 Å². The molecule has 1 amide bonds. The molecule has 0 aromatic carbocycles. The zero-order valence-corrected chi connectivity index (χ0v) is 8.03. The van der Waals surface area contributed by atoms with E-state index < -0.39 is 0 Å². The number of carbonyl (C=O) groups is 1. The summed E-state index contributed by atoms with van der Waals surface area (Å²) in [6.07, 6.45) is 1.59. The minimum Gasteiger partial charge on any atom is -0.339 e. The van der Waals surface area contributed by atoms with Gasteiger partial charge in [-0.1, -0.05) is 6.58 Å². The van der Waals surface area contributed by atoms with Gasteiger partial charge in [0.05, 0.1) is 11.9 Å². The standard InChI is InChI=1S/C9H10N4O/c1-5-10-4-7-8(11-5)9(14)13(3)6(2)12-7/h4,12H,2H2,1,3H3. The van der Waals surface area contributed by atoms with E-state index in [1.54, 1.807) is 20.2 Å². The fourth-order valence-corrected chi connectivity index (χ4v) is 1.25. The maximum atomic E-state index is 11.7. The van der Waals surface area contributed by atoms with Crippen molar-refractivity contribution in [2.24, 2.45) is 0 Å². The summed E-state index contributed by atoms with van der Waals surface area (Å²) in [7, 11) is 1.65. The highest BCUT2D eigenvalue weighted by atomic mass is 16.2. The van der Waals surface area contributed by atoms with E-state index >= 15 is 0 Å². The van der Waals surface area contributed by atoms with Crippen LogP contribution in [0.2, 0.25) is 0 Å². The molecule has 2 rings (SSSR count). The average Bonchev–Trinajstić information content (AvgIpc) is 2.16. The predicted molar refractivity (Wildman–Crippen MR) is 51.6 cm³/mol. The Hall–Kier alpha value is -1.91. The minimum atomic E-state index is -0.158. The molecule has 0 atom stereocenters.